The number of H-pyrrole nitrogens is 1. The third-order valence-corrected chi connectivity index (χ3v) is 3.17. The summed E-state index contributed by atoms with van der Waals surface area (Å²) in [6.07, 6.45) is 0. The van der Waals surface area contributed by atoms with Crippen molar-refractivity contribution in [3.63, 3.8) is 0 Å². The summed E-state index contributed by atoms with van der Waals surface area (Å²) in [5.74, 6) is 0.665. The minimum atomic E-state index is 0.0310. The minimum Gasteiger partial charge on any atom is -0.375 e. The number of tetrazole rings is 1. The van der Waals surface area contributed by atoms with Crippen LogP contribution < -0.4 is 5.32 Å². The van der Waals surface area contributed by atoms with Crippen molar-refractivity contribution < 1.29 is 4.74 Å². The van der Waals surface area contributed by atoms with Gasteiger partial charge in [0.15, 0.2) is 5.82 Å². The first kappa shape index (κ1) is 11.3. The zero-order chi connectivity index (χ0) is 12.4. The Balaban J connectivity index is 1.78. The molecule has 6 heteroatoms. The van der Waals surface area contributed by atoms with E-state index in [4.69, 9.17) is 4.74 Å². The maximum absolute atomic E-state index is 5.60. The molecule has 18 heavy (non-hydrogen) atoms. The average Bonchev–Trinajstić information content (AvgIpc) is 2.93. The molecule has 1 aliphatic rings. The van der Waals surface area contributed by atoms with Crippen LogP contribution in [0.4, 0.5) is 0 Å². The van der Waals surface area contributed by atoms with Crippen LogP contribution in [0.5, 0.6) is 0 Å². The molecule has 2 N–H and O–H groups in total. The molecule has 94 valence electrons. The second-order valence-corrected chi connectivity index (χ2v) is 4.42. The van der Waals surface area contributed by atoms with E-state index in [1.165, 1.54) is 11.1 Å². The van der Waals surface area contributed by atoms with E-state index in [0.29, 0.717) is 19.0 Å². The van der Waals surface area contributed by atoms with Crippen LogP contribution in [0.15, 0.2) is 24.3 Å². The fraction of sp³-hybridized carbons (Fsp3) is 0.417. The number of ether oxygens (including phenoxy) is 1. The second-order valence-electron chi connectivity index (χ2n) is 4.42. The molecule has 2 atom stereocenters. The van der Waals surface area contributed by atoms with Gasteiger partial charge in [-0.1, -0.05) is 29.5 Å². The van der Waals surface area contributed by atoms with Gasteiger partial charge < -0.3 is 4.74 Å². The highest BCUT2D eigenvalue weighted by atomic mass is 16.5. The highest BCUT2D eigenvalue weighted by Crippen LogP contribution is 2.26. The van der Waals surface area contributed by atoms with Crippen molar-refractivity contribution in [2.45, 2.75) is 25.6 Å². The van der Waals surface area contributed by atoms with Crippen LogP contribution in [-0.4, -0.2) is 27.2 Å². The van der Waals surface area contributed by atoms with Gasteiger partial charge in [0.2, 0.25) is 0 Å². The zero-order valence-electron chi connectivity index (χ0n) is 10.1. The Kier molecular flexibility index (Phi) is 3.04. The zero-order valence-corrected chi connectivity index (χ0v) is 10.1. The number of rotatable bonds is 3. The quantitative estimate of drug-likeness (QED) is 0.847. The molecule has 3 rings (SSSR count). The SMILES string of the molecule is CC(NC1COCc2ccccc21)c1nn[nH]n1. The third kappa shape index (κ3) is 2.12. The first-order valence-corrected chi connectivity index (χ1v) is 5.99. The van der Waals surface area contributed by atoms with Gasteiger partial charge >= 0.3 is 0 Å². The van der Waals surface area contributed by atoms with Gasteiger partial charge in [0.1, 0.15) is 0 Å². The molecule has 0 saturated heterocycles. The van der Waals surface area contributed by atoms with Crippen molar-refractivity contribution in [1.82, 2.24) is 25.9 Å². The van der Waals surface area contributed by atoms with Gasteiger partial charge in [0.25, 0.3) is 0 Å². The maximum Gasteiger partial charge on any atom is 0.191 e. The molecule has 0 radical (unpaired) electrons. The summed E-state index contributed by atoms with van der Waals surface area (Å²) in [6, 6.07) is 8.53. The van der Waals surface area contributed by atoms with Crippen molar-refractivity contribution in [3.8, 4) is 0 Å². The number of aromatic nitrogens is 4. The monoisotopic (exact) mass is 245 g/mol. The van der Waals surface area contributed by atoms with Gasteiger partial charge in [-0.2, -0.15) is 5.21 Å². The van der Waals surface area contributed by atoms with Crippen LogP contribution in [0.3, 0.4) is 0 Å². The van der Waals surface area contributed by atoms with E-state index in [1.54, 1.807) is 0 Å². The maximum atomic E-state index is 5.60. The van der Waals surface area contributed by atoms with Crippen molar-refractivity contribution >= 4 is 0 Å². The van der Waals surface area contributed by atoms with Crippen molar-refractivity contribution in [2.75, 3.05) is 6.61 Å². The van der Waals surface area contributed by atoms with Gasteiger partial charge in [-0.05, 0) is 18.1 Å². The number of aromatic amines is 1. The molecule has 2 heterocycles. The largest absolute Gasteiger partial charge is 0.375 e. The Hall–Kier alpha value is -1.79. The second kappa shape index (κ2) is 4.83. The van der Waals surface area contributed by atoms with Crippen molar-refractivity contribution in [3.05, 3.63) is 41.2 Å². The van der Waals surface area contributed by atoms with Crippen molar-refractivity contribution in [2.24, 2.45) is 0 Å². The lowest BCUT2D eigenvalue weighted by Crippen LogP contribution is -2.32. The summed E-state index contributed by atoms with van der Waals surface area (Å²) in [5.41, 5.74) is 2.53. The molecule has 0 saturated carbocycles. The molecule has 6 nitrogen and oxygen atoms in total. The summed E-state index contributed by atoms with van der Waals surface area (Å²) in [5, 5.41) is 17.5. The molecular weight excluding hydrogens is 230 g/mol. The molecule has 1 aromatic heterocycles. The topological polar surface area (TPSA) is 75.7 Å². The summed E-state index contributed by atoms with van der Waals surface area (Å²) in [4.78, 5) is 0. The molecule has 0 aliphatic carbocycles. The van der Waals surface area contributed by atoms with E-state index in [0.717, 1.165) is 0 Å². The Morgan fingerprint density at radius 2 is 2.33 bits per heavy atom. The van der Waals surface area contributed by atoms with E-state index in [1.807, 2.05) is 13.0 Å². The van der Waals surface area contributed by atoms with Crippen LogP contribution >= 0.6 is 0 Å². The van der Waals surface area contributed by atoms with E-state index in [-0.39, 0.29) is 12.1 Å². The smallest absolute Gasteiger partial charge is 0.191 e. The van der Waals surface area contributed by atoms with Crippen LogP contribution in [0, 0.1) is 0 Å². The lowest BCUT2D eigenvalue weighted by Gasteiger charge is -2.28. The molecular formula is C12H15N5O. The molecule has 2 unspecified atom stereocenters. The highest BCUT2D eigenvalue weighted by Gasteiger charge is 2.23. The van der Waals surface area contributed by atoms with E-state index in [2.05, 4.69) is 44.1 Å². The number of fused-ring (bicyclic) bond motifs is 1. The van der Waals surface area contributed by atoms with Crippen LogP contribution in [0.25, 0.3) is 0 Å². The van der Waals surface area contributed by atoms with Gasteiger partial charge in [-0.15, -0.1) is 10.2 Å². The first-order valence-electron chi connectivity index (χ1n) is 5.99. The molecule has 0 spiro atoms. The number of nitrogens with one attached hydrogen (secondary N) is 2. The molecule has 1 aliphatic heterocycles. The van der Waals surface area contributed by atoms with Gasteiger partial charge in [-0.25, -0.2) is 0 Å². The minimum absolute atomic E-state index is 0.0310. The van der Waals surface area contributed by atoms with Gasteiger partial charge in [-0.3, -0.25) is 5.32 Å². The van der Waals surface area contributed by atoms with Crippen molar-refractivity contribution in [1.29, 1.82) is 0 Å². The molecule has 2 aromatic rings. The normalized spacial score (nSPS) is 20.4. The number of hydrogen-bond donors (Lipinski definition) is 2. The fourth-order valence-corrected chi connectivity index (χ4v) is 2.25. The van der Waals surface area contributed by atoms with E-state index < -0.39 is 0 Å². The first-order chi connectivity index (χ1) is 8.84. The van der Waals surface area contributed by atoms with Crippen LogP contribution in [0.1, 0.15) is 36.0 Å². The Bertz CT molecular complexity index is 513. The molecule has 0 bridgehead atoms. The highest BCUT2D eigenvalue weighted by molar-refractivity contribution is 5.31. The third-order valence-electron chi connectivity index (χ3n) is 3.17. The Morgan fingerprint density at radius 3 is 3.17 bits per heavy atom. The molecule has 0 fully saturated rings. The molecule has 0 amide bonds. The van der Waals surface area contributed by atoms with E-state index >= 15 is 0 Å². The summed E-state index contributed by atoms with van der Waals surface area (Å²) >= 11 is 0. The predicted octanol–water partition coefficient (Wildman–Crippen LogP) is 1.12. The summed E-state index contributed by atoms with van der Waals surface area (Å²) < 4.78 is 5.60. The Morgan fingerprint density at radius 1 is 1.44 bits per heavy atom. The number of hydrogen-bond acceptors (Lipinski definition) is 5. The van der Waals surface area contributed by atoms with E-state index in [9.17, 15) is 0 Å². The lowest BCUT2D eigenvalue weighted by atomic mass is 9.98. The summed E-state index contributed by atoms with van der Waals surface area (Å²) in [7, 11) is 0. The standard InChI is InChI=1S/C12H15N5O/c1-8(12-14-16-17-15-12)13-11-7-18-6-9-4-2-3-5-10(9)11/h2-5,8,11,13H,6-7H2,1H3,(H,14,15,16,17). The number of nitrogens with zero attached hydrogens (tertiary/aromatic N) is 3. The number of benzene rings is 1. The predicted molar refractivity (Wildman–Crippen MR) is 64.6 cm³/mol. The van der Waals surface area contributed by atoms with Crippen LogP contribution in [-0.2, 0) is 11.3 Å². The molecule has 1 aromatic carbocycles. The Labute approximate surface area is 105 Å². The van der Waals surface area contributed by atoms with Gasteiger partial charge in [0.05, 0.1) is 25.3 Å². The lowest BCUT2D eigenvalue weighted by molar-refractivity contribution is 0.0787. The average molecular weight is 245 g/mol. The van der Waals surface area contributed by atoms with Gasteiger partial charge in [0, 0.05) is 0 Å². The summed E-state index contributed by atoms with van der Waals surface area (Å²) in [6.45, 7) is 3.37. The van der Waals surface area contributed by atoms with Crippen LogP contribution in [0.2, 0.25) is 0 Å². The fourth-order valence-electron chi connectivity index (χ4n) is 2.25.